The highest BCUT2D eigenvalue weighted by Crippen LogP contribution is 2.28. The molecule has 0 aromatic rings. The zero-order valence-electron chi connectivity index (χ0n) is 10.7. The van der Waals surface area contributed by atoms with Gasteiger partial charge in [0.05, 0.1) is 31.8 Å². The number of carbonyl (C=O) groups is 1. The van der Waals surface area contributed by atoms with Gasteiger partial charge in [-0.3, -0.25) is 4.79 Å². The van der Waals surface area contributed by atoms with Gasteiger partial charge in [0.15, 0.2) is 0 Å². The zero-order valence-corrected chi connectivity index (χ0v) is 10.7. The van der Waals surface area contributed by atoms with Gasteiger partial charge in [0.2, 0.25) is 5.91 Å². The average molecular weight is 280 g/mol. The number of halogens is 3. The average Bonchev–Trinajstić information content (AvgIpc) is 2.36. The Morgan fingerprint density at radius 1 is 1.32 bits per heavy atom. The van der Waals surface area contributed by atoms with Crippen molar-refractivity contribution in [2.45, 2.75) is 44.0 Å². The van der Waals surface area contributed by atoms with E-state index in [1.165, 1.54) is 0 Å². The zero-order chi connectivity index (χ0) is 13.9. The standard InChI is InChI=1S/C12H19F3N2O2/c13-12(14,15)8-16-7-11(18)17-5-6-19-10-4-2-1-3-9(10)17/h9-10,16H,1-8H2. The molecule has 1 aliphatic heterocycles. The van der Waals surface area contributed by atoms with E-state index in [0.29, 0.717) is 13.2 Å². The Hall–Kier alpha value is -0.820. The molecule has 1 heterocycles. The molecule has 0 aromatic carbocycles. The van der Waals surface area contributed by atoms with Gasteiger partial charge in [-0.05, 0) is 12.8 Å². The van der Waals surface area contributed by atoms with Crippen molar-refractivity contribution in [2.75, 3.05) is 26.2 Å². The first kappa shape index (κ1) is 14.6. The molecule has 2 fully saturated rings. The fraction of sp³-hybridized carbons (Fsp3) is 0.917. The van der Waals surface area contributed by atoms with E-state index >= 15 is 0 Å². The van der Waals surface area contributed by atoms with E-state index in [0.717, 1.165) is 25.7 Å². The molecule has 7 heteroatoms. The molecule has 1 saturated carbocycles. The number of hydrogen-bond donors (Lipinski definition) is 1. The van der Waals surface area contributed by atoms with Crippen LogP contribution in [-0.4, -0.2) is 55.4 Å². The summed E-state index contributed by atoms with van der Waals surface area (Å²) in [6.07, 6.45) is -0.257. The molecule has 19 heavy (non-hydrogen) atoms. The quantitative estimate of drug-likeness (QED) is 0.847. The molecule has 0 aromatic heterocycles. The molecule has 1 saturated heterocycles. The van der Waals surface area contributed by atoms with E-state index in [9.17, 15) is 18.0 Å². The third-order valence-electron chi connectivity index (χ3n) is 3.65. The molecule has 1 aliphatic carbocycles. The predicted molar refractivity (Wildman–Crippen MR) is 62.6 cm³/mol. The van der Waals surface area contributed by atoms with Gasteiger partial charge in [0.25, 0.3) is 0 Å². The van der Waals surface area contributed by atoms with Crippen LogP contribution in [-0.2, 0) is 9.53 Å². The summed E-state index contributed by atoms with van der Waals surface area (Å²) in [7, 11) is 0. The van der Waals surface area contributed by atoms with Crippen LogP contribution in [0.4, 0.5) is 13.2 Å². The molecule has 2 rings (SSSR count). The summed E-state index contributed by atoms with van der Waals surface area (Å²) in [6.45, 7) is -0.431. The first-order chi connectivity index (χ1) is 8.97. The van der Waals surface area contributed by atoms with Crippen LogP contribution in [0.15, 0.2) is 0 Å². The molecule has 0 spiro atoms. The van der Waals surface area contributed by atoms with Crippen LogP contribution in [0.3, 0.4) is 0 Å². The minimum absolute atomic E-state index is 0.0442. The molecule has 2 unspecified atom stereocenters. The van der Waals surface area contributed by atoms with Crippen LogP contribution in [0.2, 0.25) is 0 Å². The Bertz CT molecular complexity index is 321. The third kappa shape index (κ3) is 4.07. The number of ether oxygens (including phenoxy) is 1. The second-order valence-corrected chi connectivity index (χ2v) is 5.07. The molecular weight excluding hydrogens is 261 g/mol. The Morgan fingerprint density at radius 3 is 2.79 bits per heavy atom. The van der Waals surface area contributed by atoms with Crippen molar-refractivity contribution in [3.05, 3.63) is 0 Å². The number of morpholine rings is 1. The first-order valence-corrected chi connectivity index (χ1v) is 6.66. The van der Waals surface area contributed by atoms with Gasteiger partial charge in [-0.15, -0.1) is 0 Å². The van der Waals surface area contributed by atoms with Gasteiger partial charge in [-0.2, -0.15) is 13.2 Å². The van der Waals surface area contributed by atoms with Gasteiger partial charge in [-0.25, -0.2) is 0 Å². The lowest BCUT2D eigenvalue weighted by atomic mass is 9.90. The second kappa shape index (κ2) is 6.09. The van der Waals surface area contributed by atoms with Crippen molar-refractivity contribution in [2.24, 2.45) is 0 Å². The van der Waals surface area contributed by atoms with Crippen LogP contribution >= 0.6 is 0 Å². The van der Waals surface area contributed by atoms with Crippen LogP contribution in [0, 0.1) is 0 Å². The maximum atomic E-state index is 12.0. The number of nitrogens with zero attached hydrogens (tertiary/aromatic N) is 1. The SMILES string of the molecule is O=C(CNCC(F)(F)F)N1CCOC2CCCCC21. The molecule has 2 aliphatic rings. The van der Waals surface area contributed by atoms with Gasteiger partial charge in [-0.1, -0.05) is 12.8 Å². The molecule has 4 nitrogen and oxygen atoms in total. The van der Waals surface area contributed by atoms with Crippen molar-refractivity contribution >= 4 is 5.91 Å². The maximum absolute atomic E-state index is 12.0. The smallest absolute Gasteiger partial charge is 0.374 e. The van der Waals surface area contributed by atoms with E-state index in [-0.39, 0.29) is 24.6 Å². The van der Waals surface area contributed by atoms with E-state index in [4.69, 9.17) is 4.74 Å². The highest BCUT2D eigenvalue weighted by atomic mass is 19.4. The summed E-state index contributed by atoms with van der Waals surface area (Å²) in [5, 5.41) is 2.16. The Kier molecular flexibility index (Phi) is 4.67. The molecular formula is C12H19F3N2O2. The lowest BCUT2D eigenvalue weighted by Crippen LogP contribution is -2.56. The minimum Gasteiger partial charge on any atom is -0.374 e. The number of carbonyl (C=O) groups excluding carboxylic acids is 1. The Labute approximate surface area is 110 Å². The van der Waals surface area contributed by atoms with Gasteiger partial charge < -0.3 is 15.0 Å². The number of nitrogens with one attached hydrogen (secondary N) is 1. The van der Waals surface area contributed by atoms with Crippen molar-refractivity contribution < 1.29 is 22.7 Å². The number of alkyl halides is 3. The normalized spacial score (nSPS) is 28.1. The van der Waals surface area contributed by atoms with Crippen molar-refractivity contribution in [1.82, 2.24) is 10.2 Å². The van der Waals surface area contributed by atoms with E-state index in [2.05, 4.69) is 5.32 Å². The van der Waals surface area contributed by atoms with Crippen molar-refractivity contribution in [3.8, 4) is 0 Å². The third-order valence-corrected chi connectivity index (χ3v) is 3.65. The molecule has 1 amide bonds. The predicted octanol–water partition coefficient (Wildman–Crippen LogP) is 1.31. The first-order valence-electron chi connectivity index (χ1n) is 6.66. The lowest BCUT2D eigenvalue weighted by molar-refractivity contribution is -0.150. The van der Waals surface area contributed by atoms with Crippen LogP contribution in [0.25, 0.3) is 0 Å². The molecule has 1 N–H and O–H groups in total. The number of rotatable bonds is 3. The minimum atomic E-state index is -4.28. The topological polar surface area (TPSA) is 41.6 Å². The summed E-state index contributed by atoms with van der Waals surface area (Å²) < 4.78 is 41.7. The second-order valence-electron chi connectivity index (χ2n) is 5.07. The van der Waals surface area contributed by atoms with Crippen molar-refractivity contribution in [3.63, 3.8) is 0 Å². The molecule has 2 atom stereocenters. The lowest BCUT2D eigenvalue weighted by Gasteiger charge is -2.43. The monoisotopic (exact) mass is 280 g/mol. The highest BCUT2D eigenvalue weighted by Gasteiger charge is 2.36. The summed E-state index contributed by atoms with van der Waals surface area (Å²) in [4.78, 5) is 13.7. The van der Waals surface area contributed by atoms with Gasteiger partial charge >= 0.3 is 6.18 Å². The highest BCUT2D eigenvalue weighted by molar-refractivity contribution is 5.78. The molecule has 0 bridgehead atoms. The summed E-state index contributed by atoms with van der Waals surface area (Å²) >= 11 is 0. The largest absolute Gasteiger partial charge is 0.401 e. The van der Waals surface area contributed by atoms with E-state index in [1.807, 2.05) is 0 Å². The number of amides is 1. The van der Waals surface area contributed by atoms with Gasteiger partial charge in [0, 0.05) is 6.54 Å². The van der Waals surface area contributed by atoms with Crippen LogP contribution in [0.5, 0.6) is 0 Å². The number of fused-ring (bicyclic) bond motifs is 1. The van der Waals surface area contributed by atoms with Crippen LogP contribution in [0.1, 0.15) is 25.7 Å². The Balaban J connectivity index is 1.83. The van der Waals surface area contributed by atoms with Gasteiger partial charge in [0.1, 0.15) is 0 Å². The summed E-state index contributed by atoms with van der Waals surface area (Å²) in [5.74, 6) is -0.260. The molecule has 110 valence electrons. The summed E-state index contributed by atoms with van der Waals surface area (Å²) in [5.41, 5.74) is 0. The summed E-state index contributed by atoms with van der Waals surface area (Å²) in [6, 6.07) is 0.0442. The number of hydrogen-bond acceptors (Lipinski definition) is 3. The van der Waals surface area contributed by atoms with E-state index < -0.39 is 12.7 Å². The van der Waals surface area contributed by atoms with Crippen molar-refractivity contribution in [1.29, 1.82) is 0 Å². The van der Waals surface area contributed by atoms with Crippen LogP contribution < -0.4 is 5.32 Å². The van der Waals surface area contributed by atoms with E-state index in [1.54, 1.807) is 4.90 Å². The maximum Gasteiger partial charge on any atom is 0.401 e. The Morgan fingerprint density at radius 2 is 2.05 bits per heavy atom. The fourth-order valence-electron chi connectivity index (χ4n) is 2.82. The molecule has 0 radical (unpaired) electrons. The fourth-order valence-corrected chi connectivity index (χ4v) is 2.82.